The lowest BCUT2D eigenvalue weighted by Gasteiger charge is -2.37. The van der Waals surface area contributed by atoms with Crippen LogP contribution in [0.3, 0.4) is 0 Å². The van der Waals surface area contributed by atoms with Crippen LogP contribution in [0.2, 0.25) is 0 Å². The largest absolute Gasteiger partial charge is 0.483 e. The van der Waals surface area contributed by atoms with Crippen molar-refractivity contribution in [1.29, 1.82) is 0 Å². The average Bonchev–Trinajstić information content (AvgIpc) is 3.22. The predicted molar refractivity (Wildman–Crippen MR) is 99.3 cm³/mol. The second-order valence-electron chi connectivity index (χ2n) is 6.95. The van der Waals surface area contributed by atoms with Crippen LogP contribution in [0.1, 0.15) is 51.9 Å². The van der Waals surface area contributed by atoms with E-state index >= 15 is 0 Å². The molecule has 1 unspecified atom stereocenters. The van der Waals surface area contributed by atoms with Crippen LogP contribution in [0.15, 0.2) is 0 Å². The number of nitrogens with zero attached hydrogens (tertiary/aromatic N) is 1. The number of hydrogen-bond acceptors (Lipinski definition) is 6. The van der Waals surface area contributed by atoms with E-state index in [1.807, 2.05) is 4.90 Å². The monoisotopic (exact) mass is 396 g/mol. The summed E-state index contributed by atoms with van der Waals surface area (Å²) in [5, 5.41) is 16.3. The van der Waals surface area contributed by atoms with Gasteiger partial charge in [0.05, 0.1) is 30.9 Å². The first kappa shape index (κ1) is 21.9. The molecule has 3 rings (SSSR count). The lowest BCUT2D eigenvalue weighted by molar-refractivity contribution is -0.122. The summed E-state index contributed by atoms with van der Waals surface area (Å²) in [5.74, 6) is -0.353. The molecule has 1 aliphatic carbocycles. The first-order valence-corrected chi connectivity index (χ1v) is 9.37. The Labute approximate surface area is 163 Å². The standard InChI is InChI=1S/C18H26N2O5.CH2O2/c1-4-24-18(23)16-10(2)15(11(3)19-16)17(22)20-5-6-25-14-8-12(9-21)7-13(14)20;2-1-3/h12-14,19,21H,4-9H2,1-3H3;1H,(H,2,3)/t12-,13+,14?;/m1./s1. The van der Waals surface area contributed by atoms with Crippen molar-refractivity contribution in [3.63, 3.8) is 0 Å². The number of aryl methyl sites for hydroxylation is 1. The number of rotatable bonds is 4. The molecule has 3 N–H and O–H groups in total. The van der Waals surface area contributed by atoms with Crippen LogP contribution in [-0.2, 0) is 14.3 Å². The van der Waals surface area contributed by atoms with Crippen LogP contribution in [0.5, 0.6) is 0 Å². The Balaban J connectivity index is 0.000000878. The number of nitrogens with one attached hydrogen (secondary N) is 1. The van der Waals surface area contributed by atoms with Crippen LogP contribution >= 0.6 is 0 Å². The van der Waals surface area contributed by atoms with Crippen LogP contribution < -0.4 is 0 Å². The summed E-state index contributed by atoms with van der Waals surface area (Å²) in [7, 11) is 0. The van der Waals surface area contributed by atoms with Gasteiger partial charge in [0.2, 0.25) is 0 Å². The van der Waals surface area contributed by atoms with E-state index in [-0.39, 0.29) is 43.7 Å². The summed E-state index contributed by atoms with van der Waals surface area (Å²) in [6.07, 6.45) is 1.52. The van der Waals surface area contributed by atoms with Crippen LogP contribution in [0, 0.1) is 19.8 Å². The summed E-state index contributed by atoms with van der Waals surface area (Å²) >= 11 is 0. The number of aliphatic hydroxyl groups is 1. The van der Waals surface area contributed by atoms with E-state index < -0.39 is 5.97 Å². The summed E-state index contributed by atoms with van der Waals surface area (Å²) in [6.45, 7) is 6.50. The third-order valence-corrected chi connectivity index (χ3v) is 5.28. The second kappa shape index (κ2) is 9.70. The number of ether oxygens (including phenoxy) is 2. The molecule has 3 atom stereocenters. The highest BCUT2D eigenvalue weighted by atomic mass is 16.5. The van der Waals surface area contributed by atoms with Gasteiger partial charge in [0.1, 0.15) is 5.69 Å². The van der Waals surface area contributed by atoms with Gasteiger partial charge in [0, 0.05) is 18.8 Å². The maximum Gasteiger partial charge on any atom is 0.355 e. The second-order valence-corrected chi connectivity index (χ2v) is 6.95. The maximum absolute atomic E-state index is 13.2. The summed E-state index contributed by atoms with van der Waals surface area (Å²) in [4.78, 5) is 38.5. The van der Waals surface area contributed by atoms with Crippen molar-refractivity contribution < 1.29 is 34.1 Å². The third-order valence-electron chi connectivity index (χ3n) is 5.28. The number of carbonyl (C=O) groups excluding carboxylic acids is 2. The molecule has 9 heteroatoms. The Morgan fingerprint density at radius 3 is 2.64 bits per heavy atom. The summed E-state index contributed by atoms with van der Waals surface area (Å²) in [5.41, 5.74) is 2.18. The lowest BCUT2D eigenvalue weighted by Crippen LogP contribution is -2.51. The van der Waals surface area contributed by atoms with E-state index in [0.717, 1.165) is 12.8 Å². The molecule has 2 fully saturated rings. The zero-order valence-corrected chi connectivity index (χ0v) is 16.4. The number of esters is 1. The molecule has 2 heterocycles. The van der Waals surface area contributed by atoms with Crippen molar-refractivity contribution in [3.8, 4) is 0 Å². The highest BCUT2D eigenvalue weighted by molar-refractivity contribution is 6.01. The van der Waals surface area contributed by atoms with E-state index in [9.17, 15) is 14.7 Å². The Hall–Kier alpha value is -2.39. The molecule has 1 amide bonds. The summed E-state index contributed by atoms with van der Waals surface area (Å²) < 4.78 is 10.9. The van der Waals surface area contributed by atoms with Crippen molar-refractivity contribution in [1.82, 2.24) is 9.88 Å². The Bertz CT molecular complexity index is 715. The van der Waals surface area contributed by atoms with Crippen molar-refractivity contribution in [2.75, 3.05) is 26.4 Å². The highest BCUT2D eigenvalue weighted by Crippen LogP contribution is 2.35. The fraction of sp³-hybridized carbons (Fsp3) is 0.632. The van der Waals surface area contributed by atoms with E-state index in [4.69, 9.17) is 19.4 Å². The van der Waals surface area contributed by atoms with Gasteiger partial charge in [-0.05, 0) is 45.1 Å². The SMILES string of the molecule is CCOC(=O)c1[nH]c(C)c(C(=O)N2CCOC3C[C@H](CO)C[C@@H]32)c1C.O=CO. The fourth-order valence-corrected chi connectivity index (χ4v) is 4.07. The molecular weight excluding hydrogens is 368 g/mol. The number of fused-ring (bicyclic) bond motifs is 1. The molecule has 156 valence electrons. The van der Waals surface area contributed by atoms with Crippen molar-refractivity contribution in [2.45, 2.75) is 45.8 Å². The number of morpholine rings is 1. The van der Waals surface area contributed by atoms with Gasteiger partial charge in [0.25, 0.3) is 12.4 Å². The first-order chi connectivity index (χ1) is 13.4. The first-order valence-electron chi connectivity index (χ1n) is 9.37. The van der Waals surface area contributed by atoms with E-state index in [0.29, 0.717) is 35.7 Å². The number of hydrogen-bond donors (Lipinski definition) is 3. The minimum atomic E-state index is -0.441. The number of aromatic nitrogens is 1. The van der Waals surface area contributed by atoms with Gasteiger partial charge in [-0.2, -0.15) is 0 Å². The molecular formula is C19H28N2O7. The smallest absolute Gasteiger partial charge is 0.355 e. The molecule has 1 saturated carbocycles. The molecule has 1 aromatic heterocycles. The minimum absolute atomic E-state index is 0.0149. The van der Waals surface area contributed by atoms with Crippen molar-refractivity contribution in [3.05, 3.63) is 22.5 Å². The zero-order chi connectivity index (χ0) is 20.8. The number of H-pyrrole nitrogens is 1. The fourth-order valence-electron chi connectivity index (χ4n) is 4.07. The van der Waals surface area contributed by atoms with Gasteiger partial charge < -0.3 is 29.6 Å². The van der Waals surface area contributed by atoms with Gasteiger partial charge in [0.15, 0.2) is 0 Å². The predicted octanol–water partition coefficient (Wildman–Crippen LogP) is 1.12. The molecule has 0 spiro atoms. The molecule has 1 aromatic rings. The van der Waals surface area contributed by atoms with Gasteiger partial charge >= 0.3 is 5.97 Å². The van der Waals surface area contributed by atoms with E-state index in [2.05, 4.69) is 4.98 Å². The Morgan fingerprint density at radius 2 is 2.04 bits per heavy atom. The maximum atomic E-state index is 13.2. The van der Waals surface area contributed by atoms with Crippen molar-refractivity contribution >= 4 is 18.3 Å². The number of amides is 1. The van der Waals surface area contributed by atoms with Crippen LogP contribution in [0.25, 0.3) is 0 Å². The molecule has 9 nitrogen and oxygen atoms in total. The van der Waals surface area contributed by atoms with Gasteiger partial charge in [-0.1, -0.05) is 0 Å². The van der Waals surface area contributed by atoms with E-state index in [1.165, 1.54) is 0 Å². The molecule has 0 bridgehead atoms. The molecule has 1 saturated heterocycles. The third kappa shape index (κ3) is 4.36. The van der Waals surface area contributed by atoms with Gasteiger partial charge in [-0.25, -0.2) is 4.79 Å². The number of carboxylic acid groups (broad SMARTS) is 1. The van der Waals surface area contributed by atoms with Gasteiger partial charge in [-0.15, -0.1) is 0 Å². The molecule has 0 aromatic carbocycles. The molecule has 1 aliphatic heterocycles. The molecule has 28 heavy (non-hydrogen) atoms. The van der Waals surface area contributed by atoms with Crippen molar-refractivity contribution in [2.24, 2.45) is 5.92 Å². The molecule has 0 radical (unpaired) electrons. The normalized spacial score (nSPS) is 23.4. The van der Waals surface area contributed by atoms with E-state index in [1.54, 1.807) is 20.8 Å². The molecule has 2 aliphatic rings. The highest BCUT2D eigenvalue weighted by Gasteiger charge is 2.43. The quantitative estimate of drug-likeness (QED) is 0.514. The number of aromatic amines is 1. The zero-order valence-electron chi connectivity index (χ0n) is 16.4. The van der Waals surface area contributed by atoms with Crippen LogP contribution in [0.4, 0.5) is 0 Å². The topological polar surface area (TPSA) is 129 Å². The number of aliphatic hydroxyl groups excluding tert-OH is 1. The Kier molecular flexibility index (Phi) is 7.59. The summed E-state index contributed by atoms with van der Waals surface area (Å²) in [6, 6.07) is -0.0156. The average molecular weight is 396 g/mol. The minimum Gasteiger partial charge on any atom is -0.483 e. The lowest BCUT2D eigenvalue weighted by atomic mass is 10.0. The van der Waals surface area contributed by atoms with Crippen LogP contribution in [-0.4, -0.2) is 77.0 Å². The Morgan fingerprint density at radius 1 is 1.36 bits per heavy atom. The van der Waals surface area contributed by atoms with Gasteiger partial charge in [-0.3, -0.25) is 9.59 Å². The number of carbonyl (C=O) groups is 3.